The Morgan fingerprint density at radius 1 is 1.21 bits per heavy atom. The first-order valence-corrected chi connectivity index (χ1v) is 11.6. The van der Waals surface area contributed by atoms with E-state index in [-0.39, 0.29) is 5.56 Å². The number of ether oxygens (including phenoxy) is 1. The van der Waals surface area contributed by atoms with E-state index in [1.165, 1.54) is 18.2 Å². The van der Waals surface area contributed by atoms with Crippen LogP contribution >= 0.6 is 23.2 Å². The molecule has 1 N–H and O–H groups in total. The van der Waals surface area contributed by atoms with Gasteiger partial charge in [0, 0.05) is 29.2 Å². The van der Waals surface area contributed by atoms with E-state index in [2.05, 4.69) is 5.16 Å². The first-order chi connectivity index (χ1) is 16.0. The lowest BCUT2D eigenvalue weighted by molar-refractivity contribution is 0.108. The Kier molecular flexibility index (Phi) is 7.67. The van der Waals surface area contributed by atoms with E-state index in [9.17, 15) is 9.50 Å². The maximum Gasteiger partial charge on any atom is 0.145 e. The molecule has 1 aliphatic rings. The van der Waals surface area contributed by atoms with E-state index in [0.29, 0.717) is 65.3 Å². The summed E-state index contributed by atoms with van der Waals surface area (Å²) in [6, 6.07) is 11.3. The lowest BCUT2D eigenvalue weighted by Gasteiger charge is -2.12. The molecule has 0 radical (unpaired) electrons. The van der Waals surface area contributed by atoms with E-state index in [0.717, 1.165) is 24.2 Å². The second kappa shape index (κ2) is 10.7. The van der Waals surface area contributed by atoms with Crippen molar-refractivity contribution in [2.75, 3.05) is 6.61 Å². The third-order valence-electron chi connectivity index (χ3n) is 5.71. The molecule has 1 saturated carbocycles. The van der Waals surface area contributed by atoms with Gasteiger partial charge in [0.2, 0.25) is 0 Å². The smallest absolute Gasteiger partial charge is 0.145 e. The van der Waals surface area contributed by atoms with Crippen LogP contribution in [0.5, 0.6) is 0 Å². The summed E-state index contributed by atoms with van der Waals surface area (Å²) in [5.74, 6) is 0.660. The molecule has 0 bridgehead atoms. The quantitative estimate of drug-likeness (QED) is 0.312. The van der Waals surface area contributed by atoms with Crippen LogP contribution in [-0.4, -0.2) is 16.9 Å². The summed E-state index contributed by atoms with van der Waals surface area (Å²) >= 11 is 12.8. The van der Waals surface area contributed by atoms with Crippen molar-refractivity contribution in [2.45, 2.75) is 50.7 Å². The standard InChI is InChI=1S/C25H23Cl2FN2O3/c26-19-4-3-5-20(27)23(19)24-18(25(33-30-24)16-8-9-16)14-32-11-2-1-6-22(31)17-12-15(13-29)7-10-21(17)28/h3-5,7,10,12,16,22,31H,1-2,6,8-9,11,14H2. The zero-order valence-corrected chi connectivity index (χ0v) is 19.4. The summed E-state index contributed by atoms with van der Waals surface area (Å²) in [7, 11) is 0. The molecule has 1 atom stereocenters. The number of hydrogen-bond acceptors (Lipinski definition) is 5. The van der Waals surface area contributed by atoms with Crippen molar-refractivity contribution in [3.05, 3.63) is 74.7 Å². The Bertz CT molecular complexity index is 1150. The van der Waals surface area contributed by atoms with Crippen LogP contribution in [0, 0.1) is 17.1 Å². The van der Waals surface area contributed by atoms with Crippen LogP contribution in [0.3, 0.4) is 0 Å². The molecule has 1 heterocycles. The number of halogens is 3. The lowest BCUT2D eigenvalue weighted by atomic mass is 10.0. The van der Waals surface area contributed by atoms with E-state index >= 15 is 0 Å². The summed E-state index contributed by atoms with van der Waals surface area (Å²) in [5.41, 5.74) is 2.58. The summed E-state index contributed by atoms with van der Waals surface area (Å²) in [6.45, 7) is 0.770. The Morgan fingerprint density at radius 3 is 2.67 bits per heavy atom. The summed E-state index contributed by atoms with van der Waals surface area (Å²) < 4.78 is 25.5. The van der Waals surface area contributed by atoms with Gasteiger partial charge in [0.1, 0.15) is 17.3 Å². The zero-order valence-electron chi connectivity index (χ0n) is 17.9. The largest absolute Gasteiger partial charge is 0.388 e. The third kappa shape index (κ3) is 5.56. The van der Waals surface area contributed by atoms with E-state index < -0.39 is 11.9 Å². The zero-order chi connectivity index (χ0) is 23.4. The SMILES string of the molecule is N#Cc1ccc(F)c(C(O)CCCCOCc2c(-c3c(Cl)cccc3Cl)noc2C2CC2)c1. The van der Waals surface area contributed by atoms with Gasteiger partial charge in [0.15, 0.2) is 0 Å². The van der Waals surface area contributed by atoms with Crippen molar-refractivity contribution in [3.8, 4) is 17.3 Å². The Morgan fingerprint density at radius 2 is 1.97 bits per heavy atom. The molecule has 2 aromatic carbocycles. The first-order valence-electron chi connectivity index (χ1n) is 10.9. The second-order valence-corrected chi connectivity index (χ2v) is 8.97. The van der Waals surface area contributed by atoms with Crippen molar-refractivity contribution in [2.24, 2.45) is 0 Å². The van der Waals surface area contributed by atoms with E-state index in [4.69, 9.17) is 37.7 Å². The van der Waals surface area contributed by atoms with Gasteiger partial charge in [-0.1, -0.05) is 34.4 Å². The average Bonchev–Trinajstić information content (AvgIpc) is 3.57. The van der Waals surface area contributed by atoms with Crippen molar-refractivity contribution >= 4 is 23.2 Å². The van der Waals surface area contributed by atoms with Gasteiger partial charge in [-0.15, -0.1) is 0 Å². The molecule has 1 aliphatic carbocycles. The van der Waals surface area contributed by atoms with Crippen molar-refractivity contribution < 1.29 is 18.8 Å². The summed E-state index contributed by atoms with van der Waals surface area (Å²) in [4.78, 5) is 0. The minimum absolute atomic E-state index is 0.148. The van der Waals surface area contributed by atoms with Crippen LogP contribution < -0.4 is 0 Å². The molecule has 8 heteroatoms. The number of rotatable bonds is 10. The molecular weight excluding hydrogens is 466 g/mol. The number of aliphatic hydroxyl groups excluding tert-OH is 1. The highest BCUT2D eigenvalue weighted by atomic mass is 35.5. The molecule has 3 aromatic rings. The van der Waals surface area contributed by atoms with Gasteiger partial charge in [-0.3, -0.25) is 0 Å². The first kappa shape index (κ1) is 23.7. The average molecular weight is 489 g/mol. The predicted molar refractivity (Wildman–Crippen MR) is 124 cm³/mol. The highest BCUT2D eigenvalue weighted by Gasteiger charge is 2.33. The van der Waals surface area contributed by atoms with Gasteiger partial charge in [-0.05, 0) is 62.4 Å². The van der Waals surface area contributed by atoms with E-state index in [1.807, 2.05) is 6.07 Å². The number of aromatic nitrogens is 1. The molecule has 1 unspecified atom stereocenters. The second-order valence-electron chi connectivity index (χ2n) is 8.16. The fraction of sp³-hybridized carbons (Fsp3) is 0.360. The number of benzene rings is 2. The van der Waals surface area contributed by atoms with Gasteiger partial charge < -0.3 is 14.4 Å². The minimum Gasteiger partial charge on any atom is -0.388 e. The van der Waals surface area contributed by atoms with Crippen LogP contribution in [-0.2, 0) is 11.3 Å². The third-order valence-corrected chi connectivity index (χ3v) is 6.34. The molecule has 1 aromatic heterocycles. The monoisotopic (exact) mass is 488 g/mol. The molecule has 4 rings (SSSR count). The van der Waals surface area contributed by atoms with Gasteiger partial charge in [0.05, 0.1) is 34.4 Å². The molecule has 0 aliphatic heterocycles. The van der Waals surface area contributed by atoms with Crippen LogP contribution in [0.4, 0.5) is 4.39 Å². The number of unbranched alkanes of at least 4 members (excludes halogenated alkanes) is 1. The topological polar surface area (TPSA) is 79.3 Å². The minimum atomic E-state index is -0.966. The maximum absolute atomic E-state index is 14.0. The molecular formula is C25H23Cl2FN2O3. The van der Waals surface area contributed by atoms with Gasteiger partial charge in [0.25, 0.3) is 0 Å². The Balaban J connectivity index is 1.33. The van der Waals surface area contributed by atoms with Crippen molar-refractivity contribution in [1.29, 1.82) is 5.26 Å². The highest BCUT2D eigenvalue weighted by Crippen LogP contribution is 2.46. The summed E-state index contributed by atoms with van der Waals surface area (Å²) in [6.07, 6.45) is 2.84. The number of hydrogen-bond donors (Lipinski definition) is 1. The molecule has 5 nitrogen and oxygen atoms in total. The van der Waals surface area contributed by atoms with Crippen LogP contribution in [0.2, 0.25) is 10.0 Å². The fourth-order valence-electron chi connectivity index (χ4n) is 3.79. The number of nitriles is 1. The molecule has 0 saturated heterocycles. The molecule has 1 fully saturated rings. The van der Waals surface area contributed by atoms with Crippen LogP contribution in [0.15, 0.2) is 40.9 Å². The van der Waals surface area contributed by atoms with Crippen molar-refractivity contribution in [3.63, 3.8) is 0 Å². The lowest BCUT2D eigenvalue weighted by Crippen LogP contribution is -2.03. The normalized spacial score (nSPS) is 14.3. The van der Waals surface area contributed by atoms with Crippen LogP contribution in [0.25, 0.3) is 11.3 Å². The fourth-order valence-corrected chi connectivity index (χ4v) is 4.36. The number of aliphatic hydroxyl groups is 1. The maximum atomic E-state index is 14.0. The molecule has 0 amide bonds. The van der Waals surface area contributed by atoms with E-state index in [1.54, 1.807) is 18.2 Å². The van der Waals surface area contributed by atoms with Crippen molar-refractivity contribution in [1.82, 2.24) is 5.16 Å². The predicted octanol–water partition coefficient (Wildman–Crippen LogP) is 6.96. The Hall–Kier alpha value is -2.43. The Labute approximate surface area is 201 Å². The van der Waals surface area contributed by atoms with Gasteiger partial charge in [-0.2, -0.15) is 5.26 Å². The summed E-state index contributed by atoms with van der Waals surface area (Å²) in [5, 5.41) is 24.5. The van der Waals surface area contributed by atoms with Gasteiger partial charge in [-0.25, -0.2) is 4.39 Å². The molecule has 33 heavy (non-hydrogen) atoms. The molecule has 172 valence electrons. The highest BCUT2D eigenvalue weighted by molar-refractivity contribution is 6.39. The van der Waals surface area contributed by atoms with Gasteiger partial charge >= 0.3 is 0 Å². The molecule has 0 spiro atoms. The number of nitrogens with zero attached hydrogens (tertiary/aromatic N) is 2. The van der Waals surface area contributed by atoms with Crippen LogP contribution in [0.1, 0.15) is 66.6 Å².